The molecular formula is C14H11Cl2N3O3. The molecule has 0 bridgehead atoms. The molecule has 1 N–H and O–H groups in total. The van der Waals surface area contributed by atoms with Crippen molar-refractivity contribution in [2.45, 2.75) is 6.92 Å². The van der Waals surface area contributed by atoms with Crippen molar-refractivity contribution < 1.29 is 14.3 Å². The second-order valence-electron chi connectivity index (χ2n) is 4.24. The number of aromatic nitrogens is 2. The molecule has 1 heterocycles. The van der Waals surface area contributed by atoms with Crippen LogP contribution >= 0.6 is 23.2 Å². The number of ether oxygens (including phenoxy) is 1. The Morgan fingerprint density at radius 3 is 2.41 bits per heavy atom. The molecule has 0 aliphatic heterocycles. The van der Waals surface area contributed by atoms with Gasteiger partial charge in [0.05, 0.1) is 21.1 Å². The molecule has 2 rings (SSSR count). The number of imide groups is 1. The van der Waals surface area contributed by atoms with E-state index >= 15 is 0 Å². The van der Waals surface area contributed by atoms with Crippen LogP contribution in [-0.4, -0.2) is 28.4 Å². The van der Waals surface area contributed by atoms with E-state index in [0.717, 1.165) is 0 Å². The summed E-state index contributed by atoms with van der Waals surface area (Å²) in [5.41, 5.74) is 0.643. The summed E-state index contributed by atoms with van der Waals surface area (Å²) in [6, 6.07) is 2.99. The Morgan fingerprint density at radius 2 is 1.86 bits per heavy atom. The van der Waals surface area contributed by atoms with Crippen LogP contribution in [0.25, 0.3) is 11.0 Å². The van der Waals surface area contributed by atoms with E-state index in [1.165, 1.54) is 25.1 Å². The van der Waals surface area contributed by atoms with E-state index < -0.39 is 11.8 Å². The summed E-state index contributed by atoms with van der Waals surface area (Å²) >= 11 is 11.9. The summed E-state index contributed by atoms with van der Waals surface area (Å²) in [5.74, 6) is -1.26. The first-order valence-electron chi connectivity index (χ1n) is 6.14. The van der Waals surface area contributed by atoms with Gasteiger partial charge in [-0.3, -0.25) is 14.9 Å². The topological polar surface area (TPSA) is 81.2 Å². The number of carbonyl (C=O) groups is 2. The number of benzene rings is 1. The Bertz CT molecular complexity index is 778. The summed E-state index contributed by atoms with van der Waals surface area (Å²) in [5, 5.41) is 2.70. The van der Waals surface area contributed by atoms with E-state index in [-0.39, 0.29) is 23.2 Å². The van der Waals surface area contributed by atoms with Crippen LogP contribution in [0, 0.1) is 0 Å². The molecule has 1 aromatic carbocycles. The van der Waals surface area contributed by atoms with E-state index in [2.05, 4.69) is 21.9 Å². The second-order valence-corrected chi connectivity index (χ2v) is 5.06. The fourth-order valence-electron chi connectivity index (χ4n) is 1.64. The maximum atomic E-state index is 12.0. The van der Waals surface area contributed by atoms with Crippen molar-refractivity contribution in [3.8, 4) is 5.88 Å². The molecule has 0 saturated carbocycles. The summed E-state index contributed by atoms with van der Waals surface area (Å²) in [6.07, 6.45) is 1.49. The number of amides is 2. The monoisotopic (exact) mass is 339 g/mol. The predicted molar refractivity (Wildman–Crippen MR) is 83.4 cm³/mol. The molecule has 2 aromatic rings. The third kappa shape index (κ3) is 3.52. The maximum absolute atomic E-state index is 12.0. The summed E-state index contributed by atoms with van der Waals surface area (Å²) in [7, 11) is 0. The van der Waals surface area contributed by atoms with E-state index in [1.54, 1.807) is 0 Å². The lowest BCUT2D eigenvalue weighted by Crippen LogP contribution is -2.29. The van der Waals surface area contributed by atoms with Gasteiger partial charge in [-0.25, -0.2) is 9.97 Å². The molecule has 0 atom stereocenters. The maximum Gasteiger partial charge on any atom is 0.282 e. The van der Waals surface area contributed by atoms with Crippen molar-refractivity contribution in [3.05, 3.63) is 40.5 Å². The quantitative estimate of drug-likeness (QED) is 0.866. The van der Waals surface area contributed by atoms with Crippen molar-refractivity contribution in [1.82, 2.24) is 15.3 Å². The van der Waals surface area contributed by atoms with Crippen LogP contribution in [0.2, 0.25) is 10.0 Å². The van der Waals surface area contributed by atoms with E-state index in [1.807, 2.05) is 0 Å². The molecule has 0 saturated heterocycles. The average molecular weight is 340 g/mol. The lowest BCUT2D eigenvalue weighted by Gasteiger charge is -2.10. The molecule has 0 radical (unpaired) electrons. The van der Waals surface area contributed by atoms with Gasteiger partial charge in [0.25, 0.3) is 5.91 Å². The number of carbonyl (C=O) groups excluding carboxylic acids is 2. The van der Waals surface area contributed by atoms with Gasteiger partial charge in [-0.1, -0.05) is 35.9 Å². The minimum absolute atomic E-state index is 0.0236. The zero-order valence-corrected chi connectivity index (χ0v) is 13.0. The van der Waals surface area contributed by atoms with Crippen LogP contribution in [0.3, 0.4) is 0 Å². The zero-order chi connectivity index (χ0) is 16.3. The highest BCUT2D eigenvalue weighted by atomic mass is 35.5. The van der Waals surface area contributed by atoms with Crippen molar-refractivity contribution in [2.75, 3.05) is 6.61 Å². The molecular weight excluding hydrogens is 329 g/mol. The average Bonchev–Trinajstić information content (AvgIpc) is 2.45. The molecule has 0 aliphatic carbocycles. The smallest absolute Gasteiger partial charge is 0.282 e. The van der Waals surface area contributed by atoms with Gasteiger partial charge in [-0.05, 0) is 12.1 Å². The molecule has 2 amide bonds. The van der Waals surface area contributed by atoms with Gasteiger partial charge in [0, 0.05) is 6.92 Å². The molecule has 1 aromatic heterocycles. The second kappa shape index (κ2) is 6.72. The van der Waals surface area contributed by atoms with Crippen molar-refractivity contribution in [3.63, 3.8) is 0 Å². The summed E-state index contributed by atoms with van der Waals surface area (Å²) < 4.78 is 5.33. The Labute approximate surface area is 136 Å². The van der Waals surface area contributed by atoms with E-state index in [4.69, 9.17) is 27.9 Å². The SMILES string of the molecule is C=CCOc1nc2cc(Cl)c(Cl)cc2nc1C(=O)NC(C)=O. The number of hydrogen-bond donors (Lipinski definition) is 1. The molecule has 0 fully saturated rings. The third-order valence-electron chi connectivity index (χ3n) is 2.52. The minimum atomic E-state index is -0.716. The van der Waals surface area contributed by atoms with E-state index in [0.29, 0.717) is 16.1 Å². The van der Waals surface area contributed by atoms with Crippen LogP contribution in [0.1, 0.15) is 17.4 Å². The Balaban J connectivity index is 2.59. The fraction of sp³-hybridized carbons (Fsp3) is 0.143. The number of fused-ring (bicyclic) bond motifs is 1. The predicted octanol–water partition coefficient (Wildman–Crippen LogP) is 2.78. The van der Waals surface area contributed by atoms with Crippen LogP contribution < -0.4 is 10.1 Å². The molecule has 0 unspecified atom stereocenters. The Morgan fingerprint density at radius 1 is 1.27 bits per heavy atom. The van der Waals surface area contributed by atoms with Crippen LogP contribution in [-0.2, 0) is 4.79 Å². The number of halogens is 2. The Hall–Kier alpha value is -2.18. The first-order chi connectivity index (χ1) is 10.4. The molecule has 8 heteroatoms. The van der Waals surface area contributed by atoms with Crippen LogP contribution in [0.5, 0.6) is 5.88 Å². The largest absolute Gasteiger partial charge is 0.472 e. The standard InChI is InChI=1S/C14H11Cl2N3O3/c1-3-4-22-14-12(13(21)17-7(2)20)18-10-5-8(15)9(16)6-11(10)19-14/h3,5-6H,1,4H2,2H3,(H,17,20,21). The van der Waals surface area contributed by atoms with Gasteiger partial charge in [-0.2, -0.15) is 0 Å². The van der Waals surface area contributed by atoms with Gasteiger partial charge < -0.3 is 4.74 Å². The molecule has 22 heavy (non-hydrogen) atoms. The van der Waals surface area contributed by atoms with Crippen molar-refractivity contribution in [2.24, 2.45) is 0 Å². The molecule has 114 valence electrons. The normalized spacial score (nSPS) is 10.3. The first-order valence-corrected chi connectivity index (χ1v) is 6.90. The van der Waals surface area contributed by atoms with Gasteiger partial charge in [-0.15, -0.1) is 0 Å². The third-order valence-corrected chi connectivity index (χ3v) is 3.24. The highest BCUT2D eigenvalue weighted by Gasteiger charge is 2.19. The first kappa shape index (κ1) is 16.2. The van der Waals surface area contributed by atoms with Gasteiger partial charge in [0.1, 0.15) is 6.61 Å². The minimum Gasteiger partial charge on any atom is -0.472 e. The summed E-state index contributed by atoms with van der Waals surface area (Å²) in [4.78, 5) is 31.4. The van der Waals surface area contributed by atoms with Gasteiger partial charge in [0.2, 0.25) is 11.8 Å². The highest BCUT2D eigenvalue weighted by molar-refractivity contribution is 6.42. The zero-order valence-electron chi connectivity index (χ0n) is 11.5. The van der Waals surface area contributed by atoms with Crippen molar-refractivity contribution in [1.29, 1.82) is 0 Å². The molecule has 0 spiro atoms. The number of hydrogen-bond acceptors (Lipinski definition) is 5. The number of nitrogens with zero attached hydrogens (tertiary/aromatic N) is 2. The van der Waals surface area contributed by atoms with Crippen LogP contribution in [0.15, 0.2) is 24.8 Å². The van der Waals surface area contributed by atoms with Gasteiger partial charge >= 0.3 is 0 Å². The molecule has 6 nitrogen and oxygen atoms in total. The summed E-state index contributed by atoms with van der Waals surface area (Å²) in [6.45, 7) is 4.86. The molecule has 0 aliphatic rings. The Kier molecular flexibility index (Phi) is 4.95. The number of rotatable bonds is 4. The van der Waals surface area contributed by atoms with Crippen LogP contribution in [0.4, 0.5) is 0 Å². The van der Waals surface area contributed by atoms with Gasteiger partial charge in [0.15, 0.2) is 5.69 Å². The number of nitrogens with one attached hydrogen (secondary N) is 1. The highest BCUT2D eigenvalue weighted by Crippen LogP contribution is 2.28. The van der Waals surface area contributed by atoms with E-state index in [9.17, 15) is 9.59 Å². The van der Waals surface area contributed by atoms with Crippen molar-refractivity contribution >= 4 is 46.0 Å². The fourth-order valence-corrected chi connectivity index (χ4v) is 1.96. The lowest BCUT2D eigenvalue weighted by atomic mass is 10.2. The lowest BCUT2D eigenvalue weighted by molar-refractivity contribution is -0.118.